The van der Waals surface area contributed by atoms with E-state index in [4.69, 9.17) is 16.3 Å². The van der Waals surface area contributed by atoms with Crippen LogP contribution in [-0.4, -0.2) is 32.5 Å². The molecule has 4 rings (SSSR count). The van der Waals surface area contributed by atoms with Crippen LogP contribution < -0.4 is 10.1 Å². The third kappa shape index (κ3) is 4.09. The van der Waals surface area contributed by atoms with Gasteiger partial charge in [-0.05, 0) is 37.3 Å². The van der Waals surface area contributed by atoms with Crippen molar-refractivity contribution >= 4 is 28.5 Å². The molecule has 29 heavy (non-hydrogen) atoms. The smallest absolute Gasteiger partial charge is 0.251 e. The van der Waals surface area contributed by atoms with Gasteiger partial charge in [-0.1, -0.05) is 17.7 Å². The Hall–Kier alpha value is -3.32. The summed E-state index contributed by atoms with van der Waals surface area (Å²) in [5.74, 6) is 1.11. The predicted molar refractivity (Wildman–Crippen MR) is 111 cm³/mol. The van der Waals surface area contributed by atoms with E-state index in [2.05, 4.69) is 20.3 Å². The maximum atomic E-state index is 12.7. The standard InChI is InChI=1S/C21H20ClN5O2/c1-13(20-25-17-6-5-16(22)10-18(17)26-20)24-21(28)14-3-4-15(19(9-14)29-2)11-27-8-7-23-12-27/h3-10,12-13H,11H2,1-2H3,(H,24,28)(H,25,26)/t13-/m0/s1. The van der Waals surface area contributed by atoms with Crippen molar-refractivity contribution in [2.75, 3.05) is 7.11 Å². The Morgan fingerprint density at radius 1 is 1.31 bits per heavy atom. The summed E-state index contributed by atoms with van der Waals surface area (Å²) < 4.78 is 7.42. The van der Waals surface area contributed by atoms with Gasteiger partial charge in [0, 0.05) is 28.5 Å². The van der Waals surface area contributed by atoms with Crippen LogP contribution in [0.3, 0.4) is 0 Å². The van der Waals surface area contributed by atoms with E-state index in [9.17, 15) is 4.79 Å². The lowest BCUT2D eigenvalue weighted by molar-refractivity contribution is 0.0938. The molecular weight excluding hydrogens is 390 g/mol. The Kier molecular flexibility index (Phi) is 5.22. The number of nitrogens with zero attached hydrogens (tertiary/aromatic N) is 3. The van der Waals surface area contributed by atoms with E-state index in [1.54, 1.807) is 37.8 Å². The zero-order chi connectivity index (χ0) is 20.4. The number of hydrogen-bond acceptors (Lipinski definition) is 4. The highest BCUT2D eigenvalue weighted by molar-refractivity contribution is 6.31. The van der Waals surface area contributed by atoms with E-state index in [-0.39, 0.29) is 11.9 Å². The summed E-state index contributed by atoms with van der Waals surface area (Å²) in [6, 6.07) is 10.6. The fourth-order valence-electron chi connectivity index (χ4n) is 3.15. The summed E-state index contributed by atoms with van der Waals surface area (Å²) in [4.78, 5) is 24.5. The first kappa shape index (κ1) is 19.0. The van der Waals surface area contributed by atoms with Crippen LogP contribution in [0.15, 0.2) is 55.1 Å². The van der Waals surface area contributed by atoms with Crippen LogP contribution in [0, 0.1) is 0 Å². The molecule has 0 bridgehead atoms. The predicted octanol–water partition coefficient (Wildman–Crippen LogP) is 3.96. The molecule has 0 saturated carbocycles. The number of methoxy groups -OCH3 is 1. The number of carbonyl (C=O) groups is 1. The maximum absolute atomic E-state index is 12.7. The zero-order valence-electron chi connectivity index (χ0n) is 16.0. The van der Waals surface area contributed by atoms with E-state index in [0.717, 1.165) is 16.6 Å². The van der Waals surface area contributed by atoms with Crippen LogP contribution in [0.2, 0.25) is 5.02 Å². The molecule has 1 amide bonds. The average molecular weight is 410 g/mol. The van der Waals surface area contributed by atoms with Gasteiger partial charge in [-0.25, -0.2) is 9.97 Å². The van der Waals surface area contributed by atoms with Gasteiger partial charge < -0.3 is 19.6 Å². The Bertz CT molecular complexity index is 1150. The van der Waals surface area contributed by atoms with E-state index in [1.165, 1.54) is 0 Å². The van der Waals surface area contributed by atoms with Gasteiger partial charge in [0.2, 0.25) is 0 Å². The van der Waals surface area contributed by atoms with Crippen molar-refractivity contribution in [1.29, 1.82) is 0 Å². The second kappa shape index (κ2) is 7.97. The van der Waals surface area contributed by atoms with E-state index in [0.29, 0.717) is 28.7 Å². The first-order valence-electron chi connectivity index (χ1n) is 9.12. The Balaban J connectivity index is 1.50. The van der Waals surface area contributed by atoms with Crippen molar-refractivity contribution in [3.8, 4) is 5.75 Å². The molecule has 0 aliphatic rings. The number of aromatic amines is 1. The fourth-order valence-corrected chi connectivity index (χ4v) is 3.32. The van der Waals surface area contributed by atoms with Crippen LogP contribution in [0.1, 0.15) is 34.7 Å². The molecular formula is C21H20ClN5O2. The third-order valence-corrected chi connectivity index (χ3v) is 4.92. The Morgan fingerprint density at radius 2 is 2.17 bits per heavy atom. The van der Waals surface area contributed by atoms with Gasteiger partial charge in [-0.2, -0.15) is 0 Å². The SMILES string of the molecule is COc1cc(C(=O)N[C@@H](C)c2nc3ccc(Cl)cc3[nH]2)ccc1Cn1ccnc1. The van der Waals surface area contributed by atoms with Crippen molar-refractivity contribution in [3.05, 3.63) is 77.1 Å². The van der Waals surface area contributed by atoms with Crippen LogP contribution in [0.25, 0.3) is 11.0 Å². The summed E-state index contributed by atoms with van der Waals surface area (Å²) in [7, 11) is 1.59. The summed E-state index contributed by atoms with van der Waals surface area (Å²) in [5, 5.41) is 3.60. The molecule has 148 valence electrons. The minimum atomic E-state index is -0.301. The second-order valence-electron chi connectivity index (χ2n) is 6.74. The minimum Gasteiger partial charge on any atom is -0.496 e. The number of halogens is 1. The van der Waals surface area contributed by atoms with Gasteiger partial charge >= 0.3 is 0 Å². The number of hydrogen-bond donors (Lipinski definition) is 2. The van der Waals surface area contributed by atoms with Gasteiger partial charge in [0.25, 0.3) is 5.91 Å². The molecule has 0 spiro atoms. The van der Waals surface area contributed by atoms with Crippen molar-refractivity contribution < 1.29 is 9.53 Å². The summed E-state index contributed by atoms with van der Waals surface area (Å²) in [5.41, 5.74) is 3.11. The lowest BCUT2D eigenvalue weighted by Crippen LogP contribution is -2.27. The summed E-state index contributed by atoms with van der Waals surface area (Å²) in [6.07, 6.45) is 5.34. The van der Waals surface area contributed by atoms with Crippen LogP contribution in [-0.2, 0) is 6.54 Å². The highest BCUT2D eigenvalue weighted by Crippen LogP contribution is 2.23. The third-order valence-electron chi connectivity index (χ3n) is 4.68. The maximum Gasteiger partial charge on any atom is 0.251 e. The van der Waals surface area contributed by atoms with Crippen LogP contribution in [0.4, 0.5) is 0 Å². The molecule has 1 atom stereocenters. The van der Waals surface area contributed by atoms with Crippen molar-refractivity contribution in [3.63, 3.8) is 0 Å². The number of carbonyl (C=O) groups excluding carboxylic acids is 1. The molecule has 2 heterocycles. The van der Waals surface area contributed by atoms with Gasteiger partial charge in [0.15, 0.2) is 0 Å². The number of benzene rings is 2. The van der Waals surface area contributed by atoms with Crippen molar-refractivity contribution in [1.82, 2.24) is 24.8 Å². The van der Waals surface area contributed by atoms with Gasteiger partial charge in [0.1, 0.15) is 11.6 Å². The molecule has 0 fully saturated rings. The second-order valence-corrected chi connectivity index (χ2v) is 7.18. The highest BCUT2D eigenvalue weighted by Gasteiger charge is 2.16. The molecule has 0 aliphatic carbocycles. The number of nitrogens with one attached hydrogen (secondary N) is 2. The molecule has 0 radical (unpaired) electrons. The largest absolute Gasteiger partial charge is 0.496 e. The minimum absolute atomic E-state index is 0.205. The molecule has 2 aromatic carbocycles. The number of aromatic nitrogens is 4. The molecule has 2 N–H and O–H groups in total. The molecule has 0 saturated heterocycles. The van der Waals surface area contributed by atoms with Crippen molar-refractivity contribution in [2.24, 2.45) is 0 Å². The quantitative estimate of drug-likeness (QED) is 0.504. The number of fused-ring (bicyclic) bond motifs is 1. The van der Waals surface area contributed by atoms with E-state index < -0.39 is 0 Å². The Morgan fingerprint density at radius 3 is 2.93 bits per heavy atom. The molecule has 8 heteroatoms. The average Bonchev–Trinajstić information content (AvgIpc) is 3.37. The zero-order valence-corrected chi connectivity index (χ0v) is 16.8. The van der Waals surface area contributed by atoms with Crippen molar-refractivity contribution in [2.45, 2.75) is 19.5 Å². The molecule has 4 aromatic rings. The lowest BCUT2D eigenvalue weighted by Gasteiger charge is -2.14. The summed E-state index contributed by atoms with van der Waals surface area (Å²) in [6.45, 7) is 2.49. The van der Waals surface area contributed by atoms with Crippen LogP contribution >= 0.6 is 11.6 Å². The van der Waals surface area contributed by atoms with Crippen LogP contribution in [0.5, 0.6) is 5.75 Å². The number of H-pyrrole nitrogens is 1. The first-order valence-corrected chi connectivity index (χ1v) is 9.50. The lowest BCUT2D eigenvalue weighted by atomic mass is 10.1. The fraction of sp³-hybridized carbons (Fsp3) is 0.190. The molecule has 2 aromatic heterocycles. The number of rotatable bonds is 6. The number of amides is 1. The molecule has 7 nitrogen and oxygen atoms in total. The molecule has 0 aliphatic heterocycles. The normalized spacial score (nSPS) is 12.1. The van der Waals surface area contributed by atoms with Gasteiger partial charge in [-0.15, -0.1) is 0 Å². The monoisotopic (exact) mass is 409 g/mol. The van der Waals surface area contributed by atoms with Gasteiger partial charge in [0.05, 0.1) is 37.1 Å². The van der Waals surface area contributed by atoms with E-state index in [1.807, 2.05) is 35.9 Å². The van der Waals surface area contributed by atoms with Gasteiger partial charge in [-0.3, -0.25) is 4.79 Å². The van der Waals surface area contributed by atoms with E-state index >= 15 is 0 Å². The molecule has 0 unspecified atom stereocenters. The summed E-state index contributed by atoms with van der Waals surface area (Å²) >= 11 is 6.02. The first-order chi connectivity index (χ1) is 14.0. The number of imidazole rings is 2. The highest BCUT2D eigenvalue weighted by atomic mass is 35.5. The topological polar surface area (TPSA) is 84.8 Å². The Labute approximate surface area is 172 Å². The number of ether oxygens (including phenoxy) is 1.